The first-order valence-corrected chi connectivity index (χ1v) is 14.5. The number of nitrogens with one attached hydrogen (secondary N) is 1. The monoisotopic (exact) mass is 487 g/mol. The minimum atomic E-state index is 0.255. The van der Waals surface area contributed by atoms with Gasteiger partial charge in [0.1, 0.15) is 11.4 Å². The predicted octanol–water partition coefficient (Wildman–Crippen LogP) is 8.80. The second kappa shape index (κ2) is 13.6. The first-order valence-electron chi connectivity index (χ1n) is 14.5. The molecule has 0 saturated heterocycles. The molecular weight excluding hydrogens is 442 g/mol. The number of allylic oxidation sites excluding steroid dienone is 1. The van der Waals surface area contributed by atoms with Crippen LogP contribution in [0.1, 0.15) is 85.0 Å². The maximum Gasteiger partial charge on any atom is 0.155 e. The molecule has 1 heterocycles. The summed E-state index contributed by atoms with van der Waals surface area (Å²) >= 11 is 0. The summed E-state index contributed by atoms with van der Waals surface area (Å²) in [4.78, 5) is 7.45. The summed E-state index contributed by atoms with van der Waals surface area (Å²) < 4.78 is 6.47. The van der Waals surface area contributed by atoms with E-state index in [-0.39, 0.29) is 6.04 Å². The van der Waals surface area contributed by atoms with E-state index in [0.717, 1.165) is 53.6 Å². The van der Waals surface area contributed by atoms with E-state index in [0.29, 0.717) is 0 Å². The molecule has 194 valence electrons. The van der Waals surface area contributed by atoms with Gasteiger partial charge < -0.3 is 10.1 Å². The second-order valence-electron chi connectivity index (χ2n) is 10.1. The summed E-state index contributed by atoms with van der Waals surface area (Å²) in [6, 6.07) is 11.0. The number of likely N-dealkylation sites (N-methyl/N-ethyl adjacent to an activating group) is 1. The third-order valence-electron chi connectivity index (χ3n) is 7.54. The number of nitrogens with zero attached hydrogens (tertiary/aromatic N) is 2. The van der Waals surface area contributed by atoms with Gasteiger partial charge in [0.05, 0.1) is 6.04 Å². The van der Waals surface area contributed by atoms with Crippen molar-refractivity contribution in [3.05, 3.63) is 54.3 Å². The number of aliphatic imine (C=N–C) groups is 1. The third kappa shape index (κ3) is 6.59. The Bertz CT molecular complexity index is 1080. The molecule has 0 bridgehead atoms. The summed E-state index contributed by atoms with van der Waals surface area (Å²) in [6.45, 7) is 9.70. The lowest BCUT2D eigenvalue weighted by Crippen LogP contribution is -2.35. The molecule has 1 aliphatic heterocycles. The van der Waals surface area contributed by atoms with Crippen molar-refractivity contribution in [1.29, 1.82) is 0 Å². The fourth-order valence-electron chi connectivity index (χ4n) is 5.37. The molecule has 2 aromatic carbocycles. The van der Waals surface area contributed by atoms with E-state index in [4.69, 9.17) is 9.73 Å². The van der Waals surface area contributed by atoms with E-state index < -0.39 is 0 Å². The van der Waals surface area contributed by atoms with Crippen LogP contribution < -0.4 is 10.1 Å². The first kappa shape index (κ1) is 26.5. The van der Waals surface area contributed by atoms with Crippen molar-refractivity contribution in [3.63, 3.8) is 0 Å². The molecule has 0 radical (unpaired) electrons. The fraction of sp³-hybridized carbons (Fsp3) is 0.531. The molecule has 1 aliphatic carbocycles. The van der Waals surface area contributed by atoms with Gasteiger partial charge in [-0.25, -0.2) is 4.99 Å². The highest BCUT2D eigenvalue weighted by Gasteiger charge is 2.25. The van der Waals surface area contributed by atoms with Gasteiger partial charge in [-0.05, 0) is 31.7 Å². The average molecular weight is 488 g/mol. The Balaban J connectivity index is 1.37. The number of rotatable bonds is 15. The van der Waals surface area contributed by atoms with Gasteiger partial charge in [0.25, 0.3) is 0 Å². The Morgan fingerprint density at radius 3 is 2.22 bits per heavy atom. The van der Waals surface area contributed by atoms with Crippen LogP contribution >= 0.6 is 0 Å². The summed E-state index contributed by atoms with van der Waals surface area (Å²) in [7, 11) is 0. The normalized spacial score (nSPS) is 16.4. The number of ether oxygens (including phenoxy) is 1. The molecule has 0 fully saturated rings. The molecule has 1 N–H and O–H groups in total. The number of benzene rings is 2. The van der Waals surface area contributed by atoms with Crippen LogP contribution in [-0.4, -0.2) is 36.3 Å². The standard InChI is InChI=1S/C32H45N3O/c1-4-7-8-9-10-11-12-13-14-17-22-33-29-24-31-32(27-19-16-15-18-26(27)29)34-28-21-20-25(23-30(28)36-31)35(5-2)6-3/h15-16,18-21,23-25,33H,4-14,17,22H2,1-3H3. The Kier molecular flexibility index (Phi) is 10.0. The number of fused-ring (bicyclic) bond motifs is 4. The quantitative estimate of drug-likeness (QED) is 0.255. The number of hydrogen-bond acceptors (Lipinski definition) is 4. The van der Waals surface area contributed by atoms with Crippen LogP contribution in [0.5, 0.6) is 5.75 Å². The van der Waals surface area contributed by atoms with Gasteiger partial charge >= 0.3 is 0 Å². The summed E-state index contributed by atoms with van der Waals surface area (Å²) in [5.74, 6) is 1.72. The number of hydrogen-bond donors (Lipinski definition) is 1. The van der Waals surface area contributed by atoms with Crippen LogP contribution in [0.25, 0.3) is 10.8 Å². The highest BCUT2D eigenvalue weighted by molar-refractivity contribution is 6.14. The Labute approximate surface area is 218 Å². The van der Waals surface area contributed by atoms with E-state index >= 15 is 0 Å². The van der Waals surface area contributed by atoms with Crippen molar-refractivity contribution in [2.75, 3.05) is 25.0 Å². The van der Waals surface area contributed by atoms with Crippen LogP contribution in [0.4, 0.5) is 11.4 Å². The minimum absolute atomic E-state index is 0.255. The van der Waals surface area contributed by atoms with Gasteiger partial charge in [0.15, 0.2) is 11.5 Å². The Morgan fingerprint density at radius 1 is 0.861 bits per heavy atom. The molecule has 2 aromatic rings. The molecule has 2 aliphatic rings. The summed E-state index contributed by atoms with van der Waals surface area (Å²) in [5, 5.41) is 6.07. The van der Waals surface area contributed by atoms with Crippen molar-refractivity contribution in [3.8, 4) is 5.75 Å². The zero-order valence-electron chi connectivity index (χ0n) is 22.7. The van der Waals surface area contributed by atoms with E-state index in [9.17, 15) is 0 Å². The zero-order chi connectivity index (χ0) is 25.2. The largest absolute Gasteiger partial charge is 0.453 e. The first-order chi connectivity index (χ1) is 17.7. The zero-order valence-corrected chi connectivity index (χ0v) is 22.7. The molecule has 0 spiro atoms. The smallest absolute Gasteiger partial charge is 0.155 e. The van der Waals surface area contributed by atoms with Gasteiger partial charge in [-0.15, -0.1) is 0 Å². The summed E-state index contributed by atoms with van der Waals surface area (Å²) in [5.41, 5.74) is 3.00. The van der Waals surface area contributed by atoms with E-state index in [1.54, 1.807) is 0 Å². The molecule has 0 saturated carbocycles. The van der Waals surface area contributed by atoms with E-state index in [2.05, 4.69) is 79.5 Å². The summed E-state index contributed by atoms with van der Waals surface area (Å²) in [6.07, 6.45) is 20.1. The van der Waals surface area contributed by atoms with Crippen LogP contribution in [-0.2, 0) is 0 Å². The molecular formula is C32H45N3O. The second-order valence-corrected chi connectivity index (χ2v) is 10.1. The third-order valence-corrected chi connectivity index (χ3v) is 7.54. The lowest BCUT2D eigenvalue weighted by atomic mass is 10.0. The van der Waals surface area contributed by atoms with Crippen LogP contribution in [0.15, 0.2) is 59.3 Å². The van der Waals surface area contributed by atoms with Crippen molar-refractivity contribution in [2.45, 2.75) is 91.0 Å². The Hall–Kier alpha value is -2.59. The van der Waals surface area contributed by atoms with Crippen LogP contribution in [0, 0.1) is 0 Å². The average Bonchev–Trinajstić information content (AvgIpc) is 2.91. The fourth-order valence-corrected chi connectivity index (χ4v) is 5.37. The van der Waals surface area contributed by atoms with Crippen molar-refractivity contribution < 1.29 is 4.74 Å². The number of anilines is 1. The van der Waals surface area contributed by atoms with E-state index in [1.807, 2.05) is 0 Å². The minimum Gasteiger partial charge on any atom is -0.453 e. The van der Waals surface area contributed by atoms with Crippen LogP contribution in [0.2, 0.25) is 0 Å². The van der Waals surface area contributed by atoms with Gasteiger partial charge in [-0.1, -0.05) is 109 Å². The molecule has 0 aromatic heterocycles. The Morgan fingerprint density at radius 2 is 1.53 bits per heavy atom. The lowest BCUT2D eigenvalue weighted by molar-refractivity contribution is 0.283. The van der Waals surface area contributed by atoms with Gasteiger partial charge in [-0.3, -0.25) is 4.90 Å². The molecule has 36 heavy (non-hydrogen) atoms. The number of unbranched alkanes of at least 4 members (excludes halogenated alkanes) is 9. The van der Waals surface area contributed by atoms with Gasteiger partial charge in [0, 0.05) is 29.1 Å². The highest BCUT2D eigenvalue weighted by atomic mass is 16.5. The van der Waals surface area contributed by atoms with Crippen LogP contribution in [0.3, 0.4) is 0 Å². The topological polar surface area (TPSA) is 36.9 Å². The molecule has 1 atom stereocenters. The van der Waals surface area contributed by atoms with Gasteiger partial charge in [-0.2, -0.15) is 0 Å². The molecule has 4 rings (SSSR count). The predicted molar refractivity (Wildman–Crippen MR) is 156 cm³/mol. The van der Waals surface area contributed by atoms with Gasteiger partial charge in [0.2, 0.25) is 0 Å². The highest BCUT2D eigenvalue weighted by Crippen LogP contribution is 2.44. The molecule has 4 heteroatoms. The lowest BCUT2D eigenvalue weighted by Gasteiger charge is -2.29. The van der Waals surface area contributed by atoms with Crippen molar-refractivity contribution in [2.24, 2.45) is 4.99 Å². The van der Waals surface area contributed by atoms with Crippen molar-refractivity contribution in [1.82, 2.24) is 4.90 Å². The SMILES string of the molecule is CCCCCCCCCCCCNc1cc2c(c3ccccc13)N=C1C=CC(N(CC)CC)C=C1O2. The molecule has 0 amide bonds. The maximum atomic E-state index is 6.47. The van der Waals surface area contributed by atoms with E-state index in [1.165, 1.54) is 69.6 Å². The maximum absolute atomic E-state index is 6.47. The molecule has 4 nitrogen and oxygen atoms in total. The van der Waals surface area contributed by atoms with Crippen molar-refractivity contribution >= 4 is 27.9 Å². The molecule has 1 unspecified atom stereocenters.